The van der Waals surface area contributed by atoms with E-state index in [9.17, 15) is 9.90 Å². The van der Waals surface area contributed by atoms with Crippen LogP contribution < -0.4 is 5.32 Å². The Kier molecular flexibility index (Phi) is 3.29. The molecule has 1 amide bonds. The van der Waals surface area contributed by atoms with Gasteiger partial charge in [-0.2, -0.15) is 0 Å². The van der Waals surface area contributed by atoms with E-state index in [4.69, 9.17) is 4.42 Å². The molecule has 2 rings (SSSR count). The number of nitrogens with one attached hydrogen (secondary N) is 1. The summed E-state index contributed by atoms with van der Waals surface area (Å²) in [5, 5.41) is 12.6. The summed E-state index contributed by atoms with van der Waals surface area (Å²) >= 11 is 0. The van der Waals surface area contributed by atoms with Crippen molar-refractivity contribution in [1.29, 1.82) is 0 Å². The molecule has 4 heteroatoms. The number of furan rings is 1. The second kappa shape index (κ2) is 4.70. The summed E-state index contributed by atoms with van der Waals surface area (Å²) in [6.45, 7) is 1.83. The molecule has 1 saturated carbocycles. The van der Waals surface area contributed by atoms with Crippen molar-refractivity contribution in [2.75, 3.05) is 0 Å². The van der Waals surface area contributed by atoms with Gasteiger partial charge in [0, 0.05) is 5.56 Å². The third kappa shape index (κ3) is 2.27. The van der Waals surface area contributed by atoms with Gasteiger partial charge in [0.1, 0.15) is 0 Å². The van der Waals surface area contributed by atoms with Gasteiger partial charge in [0.2, 0.25) is 0 Å². The number of carbonyl (C=O) groups excluding carboxylic acids is 1. The summed E-state index contributed by atoms with van der Waals surface area (Å²) in [6.07, 6.45) is 4.77. The Morgan fingerprint density at radius 2 is 2.25 bits per heavy atom. The quantitative estimate of drug-likeness (QED) is 0.800. The number of aliphatic hydroxyl groups excluding tert-OH is 1. The van der Waals surface area contributed by atoms with E-state index in [1.807, 2.05) is 6.92 Å². The van der Waals surface area contributed by atoms with Crippen molar-refractivity contribution in [2.24, 2.45) is 0 Å². The average molecular weight is 223 g/mol. The van der Waals surface area contributed by atoms with E-state index in [0.29, 0.717) is 5.76 Å². The molecule has 1 fully saturated rings. The summed E-state index contributed by atoms with van der Waals surface area (Å²) < 4.78 is 5.11. The van der Waals surface area contributed by atoms with E-state index in [0.717, 1.165) is 31.2 Å². The summed E-state index contributed by atoms with van der Waals surface area (Å²) in [7, 11) is 0. The Morgan fingerprint density at radius 3 is 2.88 bits per heavy atom. The Bertz CT molecular complexity index is 372. The smallest absolute Gasteiger partial charge is 0.287 e. The van der Waals surface area contributed by atoms with E-state index in [1.54, 1.807) is 6.07 Å². The molecule has 2 atom stereocenters. The molecular weight excluding hydrogens is 206 g/mol. The van der Waals surface area contributed by atoms with Gasteiger partial charge in [-0.05, 0) is 25.8 Å². The van der Waals surface area contributed by atoms with Crippen molar-refractivity contribution < 1.29 is 14.3 Å². The summed E-state index contributed by atoms with van der Waals surface area (Å²) in [5.41, 5.74) is 0.822. The van der Waals surface area contributed by atoms with Crippen molar-refractivity contribution in [2.45, 2.75) is 44.8 Å². The first-order valence-corrected chi connectivity index (χ1v) is 5.71. The molecule has 1 aliphatic rings. The molecule has 1 aliphatic carbocycles. The number of aryl methyl sites for hydroxylation is 1. The van der Waals surface area contributed by atoms with Crippen LogP contribution in [0.4, 0.5) is 0 Å². The topological polar surface area (TPSA) is 62.5 Å². The monoisotopic (exact) mass is 223 g/mol. The van der Waals surface area contributed by atoms with Gasteiger partial charge >= 0.3 is 0 Å². The van der Waals surface area contributed by atoms with Gasteiger partial charge in [-0.25, -0.2) is 0 Å². The van der Waals surface area contributed by atoms with Gasteiger partial charge < -0.3 is 14.8 Å². The number of rotatable bonds is 2. The fourth-order valence-electron chi connectivity index (χ4n) is 2.12. The van der Waals surface area contributed by atoms with Crippen LogP contribution in [0, 0.1) is 6.92 Å². The van der Waals surface area contributed by atoms with Crippen molar-refractivity contribution in [3.05, 3.63) is 23.7 Å². The highest BCUT2D eigenvalue weighted by atomic mass is 16.3. The molecule has 88 valence electrons. The van der Waals surface area contributed by atoms with Gasteiger partial charge in [-0.1, -0.05) is 12.8 Å². The maximum Gasteiger partial charge on any atom is 0.287 e. The number of aliphatic hydroxyl groups is 1. The third-order valence-corrected chi connectivity index (χ3v) is 3.11. The first kappa shape index (κ1) is 11.2. The molecule has 0 radical (unpaired) electrons. The lowest BCUT2D eigenvalue weighted by atomic mass is 9.92. The van der Waals surface area contributed by atoms with Crippen LogP contribution in [0.3, 0.4) is 0 Å². The molecule has 1 heterocycles. The molecule has 0 spiro atoms. The van der Waals surface area contributed by atoms with Gasteiger partial charge in [-0.15, -0.1) is 0 Å². The highest BCUT2D eigenvalue weighted by molar-refractivity contribution is 5.93. The highest BCUT2D eigenvalue weighted by Gasteiger charge is 2.26. The van der Waals surface area contributed by atoms with Crippen LogP contribution >= 0.6 is 0 Å². The van der Waals surface area contributed by atoms with Crippen molar-refractivity contribution in [3.8, 4) is 0 Å². The molecule has 16 heavy (non-hydrogen) atoms. The summed E-state index contributed by atoms with van der Waals surface area (Å²) in [5.74, 6) is 0.117. The zero-order valence-electron chi connectivity index (χ0n) is 9.40. The zero-order chi connectivity index (χ0) is 11.5. The van der Waals surface area contributed by atoms with Gasteiger partial charge in [0.15, 0.2) is 5.76 Å². The van der Waals surface area contributed by atoms with Crippen LogP contribution in [-0.2, 0) is 0 Å². The van der Waals surface area contributed by atoms with Crippen LogP contribution in [-0.4, -0.2) is 23.2 Å². The van der Waals surface area contributed by atoms with Crippen molar-refractivity contribution in [3.63, 3.8) is 0 Å². The molecule has 0 aliphatic heterocycles. The third-order valence-electron chi connectivity index (χ3n) is 3.11. The first-order chi connectivity index (χ1) is 7.68. The number of carbonyl (C=O) groups is 1. The first-order valence-electron chi connectivity index (χ1n) is 5.71. The number of amides is 1. The van der Waals surface area contributed by atoms with Crippen LogP contribution in [0.25, 0.3) is 0 Å². The standard InChI is InChI=1S/C12H17NO3/c1-8-6-7-16-11(8)12(15)13-9-4-2-3-5-10(9)14/h6-7,9-10,14H,2-5H2,1H3,(H,13,15)/t9-,10-/m0/s1. The molecule has 4 nitrogen and oxygen atoms in total. The van der Waals surface area contributed by atoms with Crippen LogP contribution in [0.2, 0.25) is 0 Å². The highest BCUT2D eigenvalue weighted by Crippen LogP contribution is 2.19. The minimum Gasteiger partial charge on any atom is -0.459 e. The van der Waals surface area contributed by atoms with Crippen molar-refractivity contribution in [1.82, 2.24) is 5.32 Å². The van der Waals surface area contributed by atoms with E-state index in [1.165, 1.54) is 6.26 Å². The minimum atomic E-state index is -0.423. The Hall–Kier alpha value is -1.29. The maximum absolute atomic E-state index is 11.8. The fourth-order valence-corrected chi connectivity index (χ4v) is 2.12. The second-order valence-electron chi connectivity index (χ2n) is 4.36. The molecule has 0 saturated heterocycles. The molecule has 1 aromatic heterocycles. The van der Waals surface area contributed by atoms with Crippen LogP contribution in [0.15, 0.2) is 16.7 Å². The SMILES string of the molecule is Cc1ccoc1C(=O)N[C@H]1CCCC[C@@H]1O. The van der Waals surface area contributed by atoms with Crippen LogP contribution in [0.1, 0.15) is 41.8 Å². The van der Waals surface area contributed by atoms with Crippen molar-refractivity contribution >= 4 is 5.91 Å². The van der Waals surface area contributed by atoms with E-state index >= 15 is 0 Å². The lowest BCUT2D eigenvalue weighted by molar-refractivity contribution is 0.0697. The number of hydrogen-bond donors (Lipinski definition) is 2. The zero-order valence-corrected chi connectivity index (χ0v) is 9.40. The average Bonchev–Trinajstić information content (AvgIpc) is 2.68. The largest absolute Gasteiger partial charge is 0.459 e. The molecule has 0 unspecified atom stereocenters. The summed E-state index contributed by atoms with van der Waals surface area (Å²) in [4.78, 5) is 11.8. The summed E-state index contributed by atoms with van der Waals surface area (Å²) in [6, 6.07) is 1.62. The van der Waals surface area contributed by atoms with Gasteiger partial charge in [0.05, 0.1) is 18.4 Å². The lowest BCUT2D eigenvalue weighted by Crippen LogP contribution is -2.45. The molecule has 2 N–H and O–H groups in total. The van der Waals surface area contributed by atoms with E-state index in [-0.39, 0.29) is 11.9 Å². The van der Waals surface area contributed by atoms with Crippen LogP contribution in [0.5, 0.6) is 0 Å². The van der Waals surface area contributed by atoms with Gasteiger partial charge in [0.25, 0.3) is 5.91 Å². The predicted octanol–water partition coefficient (Wildman–Crippen LogP) is 1.62. The Balaban J connectivity index is 1.99. The predicted molar refractivity (Wildman–Crippen MR) is 59.2 cm³/mol. The minimum absolute atomic E-state index is 0.134. The lowest BCUT2D eigenvalue weighted by Gasteiger charge is -2.28. The fraction of sp³-hybridized carbons (Fsp3) is 0.583. The Morgan fingerprint density at radius 1 is 1.50 bits per heavy atom. The second-order valence-corrected chi connectivity index (χ2v) is 4.36. The van der Waals surface area contributed by atoms with E-state index in [2.05, 4.69) is 5.32 Å². The normalized spacial score (nSPS) is 25.4. The molecule has 0 bridgehead atoms. The van der Waals surface area contributed by atoms with E-state index < -0.39 is 6.10 Å². The maximum atomic E-state index is 11.8. The Labute approximate surface area is 94.6 Å². The molecule has 1 aromatic rings. The number of hydrogen-bond acceptors (Lipinski definition) is 3. The molecular formula is C12H17NO3. The molecule has 0 aromatic carbocycles. The van der Waals surface area contributed by atoms with Gasteiger partial charge in [-0.3, -0.25) is 4.79 Å².